The Morgan fingerprint density at radius 1 is 1.47 bits per heavy atom. The summed E-state index contributed by atoms with van der Waals surface area (Å²) in [6, 6.07) is 2.38. The molecule has 0 fully saturated rings. The topological polar surface area (TPSA) is 89.7 Å². The lowest BCUT2D eigenvalue weighted by molar-refractivity contribution is -0.385. The molecule has 0 bridgehead atoms. The van der Waals surface area contributed by atoms with Crippen LogP contribution in [0.15, 0.2) is 12.1 Å². The molecule has 0 aromatic heterocycles. The predicted octanol–water partition coefficient (Wildman–Crippen LogP) is 1.89. The van der Waals surface area contributed by atoms with Crippen LogP contribution in [0.5, 0.6) is 11.5 Å². The third kappa shape index (κ3) is 1.82. The van der Waals surface area contributed by atoms with E-state index in [1.165, 1.54) is 6.07 Å². The average Bonchev–Trinajstić information content (AvgIpc) is 2.17. The SMILES string of the molecule is CC1(C)CC(=O)Oc2cc([N+](=O)[O-])c(O)cc21. The zero-order chi connectivity index (χ0) is 12.8. The number of aromatic hydroxyl groups is 1. The first-order valence-electron chi connectivity index (χ1n) is 5.04. The van der Waals surface area contributed by atoms with Gasteiger partial charge in [-0.05, 0) is 6.07 Å². The van der Waals surface area contributed by atoms with Crippen LogP contribution in [-0.4, -0.2) is 16.0 Å². The van der Waals surface area contributed by atoms with E-state index in [1.807, 2.05) is 13.8 Å². The van der Waals surface area contributed by atoms with E-state index in [9.17, 15) is 20.0 Å². The van der Waals surface area contributed by atoms with Crippen LogP contribution in [0.4, 0.5) is 5.69 Å². The van der Waals surface area contributed by atoms with Gasteiger partial charge in [0.15, 0.2) is 5.75 Å². The van der Waals surface area contributed by atoms with Crippen molar-refractivity contribution in [1.29, 1.82) is 0 Å². The lowest BCUT2D eigenvalue weighted by Crippen LogP contribution is -2.30. The summed E-state index contributed by atoms with van der Waals surface area (Å²) in [6.45, 7) is 3.63. The Bertz CT molecular complexity index is 521. The van der Waals surface area contributed by atoms with Gasteiger partial charge in [0.05, 0.1) is 17.4 Å². The molecule has 0 atom stereocenters. The highest BCUT2D eigenvalue weighted by Crippen LogP contribution is 2.43. The maximum Gasteiger partial charge on any atom is 0.314 e. The lowest BCUT2D eigenvalue weighted by atomic mass is 9.79. The molecule has 1 aliphatic heterocycles. The summed E-state index contributed by atoms with van der Waals surface area (Å²) in [5.74, 6) is -0.696. The molecule has 0 amide bonds. The number of nitro groups is 1. The number of nitrogens with zero attached hydrogens (tertiary/aromatic N) is 1. The Balaban J connectivity index is 2.64. The first-order chi connectivity index (χ1) is 7.81. The van der Waals surface area contributed by atoms with Crippen LogP contribution in [0, 0.1) is 10.1 Å². The summed E-state index contributed by atoms with van der Waals surface area (Å²) in [4.78, 5) is 21.3. The summed E-state index contributed by atoms with van der Waals surface area (Å²) in [7, 11) is 0. The van der Waals surface area contributed by atoms with Crippen molar-refractivity contribution in [2.45, 2.75) is 25.7 Å². The number of phenols is 1. The van der Waals surface area contributed by atoms with Crippen LogP contribution in [0.3, 0.4) is 0 Å². The largest absolute Gasteiger partial charge is 0.502 e. The maximum absolute atomic E-state index is 11.4. The zero-order valence-corrected chi connectivity index (χ0v) is 9.39. The van der Waals surface area contributed by atoms with Gasteiger partial charge in [0.1, 0.15) is 5.75 Å². The van der Waals surface area contributed by atoms with E-state index in [-0.39, 0.29) is 12.2 Å². The second-order valence-electron chi connectivity index (χ2n) is 4.63. The molecule has 0 aliphatic carbocycles. The minimum absolute atomic E-state index is 0.149. The number of carbonyl (C=O) groups excluding carboxylic acids is 1. The van der Waals surface area contributed by atoms with E-state index in [4.69, 9.17) is 4.74 Å². The fourth-order valence-corrected chi connectivity index (χ4v) is 1.93. The van der Waals surface area contributed by atoms with Crippen molar-refractivity contribution in [2.24, 2.45) is 0 Å². The molecule has 1 heterocycles. The summed E-state index contributed by atoms with van der Waals surface area (Å²) in [5.41, 5.74) is -0.369. The molecule has 1 aromatic carbocycles. The maximum atomic E-state index is 11.4. The molecular weight excluding hydrogens is 226 g/mol. The highest BCUT2D eigenvalue weighted by Gasteiger charge is 2.36. The van der Waals surface area contributed by atoms with Gasteiger partial charge in [-0.15, -0.1) is 0 Å². The molecule has 1 aromatic rings. The van der Waals surface area contributed by atoms with Gasteiger partial charge in [-0.25, -0.2) is 0 Å². The van der Waals surface area contributed by atoms with Gasteiger partial charge in [0.2, 0.25) is 0 Å². The second kappa shape index (κ2) is 3.44. The quantitative estimate of drug-likeness (QED) is 0.348. The van der Waals surface area contributed by atoms with E-state index in [1.54, 1.807) is 0 Å². The molecule has 0 saturated carbocycles. The number of rotatable bonds is 1. The van der Waals surface area contributed by atoms with Crippen LogP contribution in [0.25, 0.3) is 0 Å². The normalized spacial score (nSPS) is 17.2. The molecule has 0 spiro atoms. The molecule has 2 rings (SSSR count). The molecule has 17 heavy (non-hydrogen) atoms. The lowest BCUT2D eigenvalue weighted by Gasteiger charge is -2.30. The van der Waals surface area contributed by atoms with Gasteiger partial charge in [-0.1, -0.05) is 13.8 Å². The predicted molar refractivity (Wildman–Crippen MR) is 58.0 cm³/mol. The summed E-state index contributed by atoms with van der Waals surface area (Å²) in [5, 5.41) is 20.2. The first-order valence-corrected chi connectivity index (χ1v) is 5.04. The van der Waals surface area contributed by atoms with Crippen LogP contribution in [0.2, 0.25) is 0 Å². The van der Waals surface area contributed by atoms with Gasteiger partial charge >= 0.3 is 11.7 Å². The van der Waals surface area contributed by atoms with Crippen molar-refractivity contribution < 1.29 is 19.6 Å². The van der Waals surface area contributed by atoms with Gasteiger partial charge in [0.25, 0.3) is 0 Å². The fraction of sp³-hybridized carbons (Fsp3) is 0.364. The van der Waals surface area contributed by atoms with Crippen molar-refractivity contribution in [3.8, 4) is 11.5 Å². The molecule has 6 nitrogen and oxygen atoms in total. The number of benzene rings is 1. The van der Waals surface area contributed by atoms with E-state index < -0.39 is 27.7 Å². The number of nitro benzene ring substituents is 1. The Kier molecular flexibility index (Phi) is 2.30. The number of carbonyl (C=O) groups is 1. The number of hydrogen-bond donors (Lipinski definition) is 1. The Morgan fingerprint density at radius 2 is 2.12 bits per heavy atom. The standard InChI is InChI=1S/C11H11NO5/c1-11(2)5-10(14)17-9-4-7(12(15)16)8(13)3-6(9)11/h3-4,13H,5H2,1-2H3. The third-order valence-electron chi connectivity index (χ3n) is 2.81. The molecule has 1 N–H and O–H groups in total. The molecule has 90 valence electrons. The monoisotopic (exact) mass is 237 g/mol. The molecule has 6 heteroatoms. The summed E-state index contributed by atoms with van der Waals surface area (Å²) < 4.78 is 4.96. The number of phenolic OH excluding ortho intramolecular Hbond substituents is 1. The Hall–Kier alpha value is -2.11. The fourth-order valence-electron chi connectivity index (χ4n) is 1.93. The van der Waals surface area contributed by atoms with Crippen LogP contribution < -0.4 is 4.74 Å². The molecule has 0 radical (unpaired) electrons. The summed E-state index contributed by atoms with van der Waals surface area (Å²) in [6.07, 6.45) is 0.178. The molecule has 0 unspecified atom stereocenters. The van der Waals surface area contributed by atoms with Crippen molar-refractivity contribution in [2.75, 3.05) is 0 Å². The number of esters is 1. The van der Waals surface area contributed by atoms with Gasteiger partial charge < -0.3 is 9.84 Å². The van der Waals surface area contributed by atoms with Gasteiger partial charge in [0, 0.05) is 11.0 Å². The molecular formula is C11H11NO5. The van der Waals surface area contributed by atoms with E-state index in [0.717, 1.165) is 6.07 Å². The minimum atomic E-state index is -0.717. The summed E-state index contributed by atoms with van der Waals surface area (Å²) >= 11 is 0. The highest BCUT2D eigenvalue weighted by molar-refractivity contribution is 5.78. The zero-order valence-electron chi connectivity index (χ0n) is 9.39. The third-order valence-corrected chi connectivity index (χ3v) is 2.81. The highest BCUT2D eigenvalue weighted by atomic mass is 16.6. The van der Waals surface area contributed by atoms with Crippen molar-refractivity contribution in [1.82, 2.24) is 0 Å². The second-order valence-corrected chi connectivity index (χ2v) is 4.63. The van der Waals surface area contributed by atoms with Crippen LogP contribution in [0.1, 0.15) is 25.8 Å². The van der Waals surface area contributed by atoms with Gasteiger partial charge in [-0.2, -0.15) is 0 Å². The van der Waals surface area contributed by atoms with Crippen molar-refractivity contribution in [3.05, 3.63) is 27.8 Å². The van der Waals surface area contributed by atoms with Crippen LogP contribution in [-0.2, 0) is 10.2 Å². The molecule has 1 aliphatic rings. The average molecular weight is 237 g/mol. The first kappa shape index (κ1) is 11.4. The smallest absolute Gasteiger partial charge is 0.314 e. The van der Waals surface area contributed by atoms with Crippen molar-refractivity contribution >= 4 is 11.7 Å². The van der Waals surface area contributed by atoms with E-state index >= 15 is 0 Å². The van der Waals surface area contributed by atoms with E-state index in [0.29, 0.717) is 5.56 Å². The number of ether oxygens (including phenoxy) is 1. The minimum Gasteiger partial charge on any atom is -0.502 e. The van der Waals surface area contributed by atoms with Crippen LogP contribution >= 0.6 is 0 Å². The van der Waals surface area contributed by atoms with E-state index in [2.05, 4.69) is 0 Å². The number of fused-ring (bicyclic) bond motifs is 1. The van der Waals surface area contributed by atoms with Crippen molar-refractivity contribution in [3.63, 3.8) is 0 Å². The van der Waals surface area contributed by atoms with Gasteiger partial charge in [-0.3, -0.25) is 14.9 Å². The Labute approximate surface area is 97.0 Å². The molecule has 0 saturated heterocycles. The number of hydrogen-bond acceptors (Lipinski definition) is 5. The Morgan fingerprint density at radius 3 is 2.71 bits per heavy atom.